The Bertz CT molecular complexity index is 565. The Morgan fingerprint density at radius 3 is 2.94 bits per heavy atom. The van der Waals surface area contributed by atoms with Gasteiger partial charge < -0.3 is 0 Å². The van der Waals surface area contributed by atoms with E-state index in [2.05, 4.69) is 54.4 Å². The number of pyridine rings is 1. The van der Waals surface area contributed by atoms with Crippen molar-refractivity contribution in [2.45, 2.75) is 20.3 Å². The van der Waals surface area contributed by atoms with Gasteiger partial charge in [-0.3, -0.25) is 4.98 Å². The summed E-state index contributed by atoms with van der Waals surface area (Å²) in [4.78, 5) is 4.34. The van der Waals surface area contributed by atoms with E-state index in [0.717, 1.165) is 11.9 Å². The van der Waals surface area contributed by atoms with E-state index in [9.17, 15) is 0 Å². The molecule has 17 heavy (non-hydrogen) atoms. The van der Waals surface area contributed by atoms with Gasteiger partial charge in [-0.2, -0.15) is 0 Å². The summed E-state index contributed by atoms with van der Waals surface area (Å²) in [5, 5.41) is 1.19. The largest absolute Gasteiger partial charge is 0.256 e. The van der Waals surface area contributed by atoms with E-state index >= 15 is 0 Å². The lowest BCUT2D eigenvalue weighted by molar-refractivity contribution is 1.23. The summed E-state index contributed by atoms with van der Waals surface area (Å²) >= 11 is 0. The molecule has 0 bridgehead atoms. The first kappa shape index (κ1) is 11.6. The molecule has 1 heteroatoms. The van der Waals surface area contributed by atoms with Gasteiger partial charge in [-0.05, 0) is 42.7 Å². The second-order valence-electron chi connectivity index (χ2n) is 3.98. The van der Waals surface area contributed by atoms with Crippen LogP contribution in [0.2, 0.25) is 0 Å². The monoisotopic (exact) mass is 223 g/mol. The van der Waals surface area contributed by atoms with Crippen molar-refractivity contribution in [2.24, 2.45) is 0 Å². The van der Waals surface area contributed by atoms with E-state index in [1.165, 1.54) is 16.5 Å². The number of rotatable bonds is 3. The molecule has 0 atom stereocenters. The minimum atomic E-state index is 1.05. The number of nitrogens with zero attached hydrogens (tertiary/aromatic N) is 1. The van der Waals surface area contributed by atoms with E-state index in [-0.39, 0.29) is 0 Å². The van der Waals surface area contributed by atoms with Crippen molar-refractivity contribution >= 4 is 16.5 Å². The van der Waals surface area contributed by atoms with Crippen LogP contribution in [0.15, 0.2) is 54.8 Å². The highest BCUT2D eigenvalue weighted by molar-refractivity contribution is 5.85. The molecule has 0 unspecified atom stereocenters. The number of aromatic nitrogens is 1. The molecule has 0 saturated carbocycles. The fourth-order valence-corrected chi connectivity index (χ4v) is 1.94. The molecular formula is C16H17N. The Morgan fingerprint density at radius 2 is 2.18 bits per heavy atom. The van der Waals surface area contributed by atoms with Gasteiger partial charge in [0.1, 0.15) is 0 Å². The highest BCUT2D eigenvalue weighted by Crippen LogP contribution is 2.21. The van der Waals surface area contributed by atoms with Gasteiger partial charge in [0.15, 0.2) is 0 Å². The van der Waals surface area contributed by atoms with Gasteiger partial charge >= 0.3 is 0 Å². The van der Waals surface area contributed by atoms with Crippen LogP contribution in [0, 0.1) is 0 Å². The fourth-order valence-electron chi connectivity index (χ4n) is 1.94. The van der Waals surface area contributed by atoms with Crippen LogP contribution in [0.4, 0.5) is 0 Å². The van der Waals surface area contributed by atoms with Crippen LogP contribution in [0.1, 0.15) is 25.8 Å². The maximum absolute atomic E-state index is 4.34. The lowest BCUT2D eigenvalue weighted by Gasteiger charge is -2.04. The smallest absolute Gasteiger partial charge is 0.0702 e. The van der Waals surface area contributed by atoms with Crippen LogP contribution in [0.5, 0.6) is 0 Å². The molecule has 2 rings (SSSR count). The maximum atomic E-state index is 4.34. The van der Waals surface area contributed by atoms with Crippen molar-refractivity contribution in [3.63, 3.8) is 0 Å². The molecule has 1 aromatic heterocycles. The van der Waals surface area contributed by atoms with Crippen molar-refractivity contribution in [1.29, 1.82) is 0 Å². The average molecular weight is 223 g/mol. The van der Waals surface area contributed by atoms with Crippen LogP contribution in [0.3, 0.4) is 0 Å². The summed E-state index contributed by atoms with van der Waals surface area (Å²) in [6, 6.07) is 10.5. The minimum Gasteiger partial charge on any atom is -0.256 e. The Labute approximate surface area is 103 Å². The predicted molar refractivity (Wildman–Crippen MR) is 74.8 cm³/mol. The van der Waals surface area contributed by atoms with Crippen molar-refractivity contribution in [3.8, 4) is 0 Å². The molecule has 86 valence electrons. The second-order valence-corrected chi connectivity index (χ2v) is 3.98. The average Bonchev–Trinajstić information content (AvgIpc) is 2.38. The zero-order chi connectivity index (χ0) is 12.1. The molecular weight excluding hydrogens is 206 g/mol. The summed E-state index contributed by atoms with van der Waals surface area (Å²) < 4.78 is 0. The van der Waals surface area contributed by atoms with Crippen LogP contribution >= 0.6 is 0 Å². The summed E-state index contributed by atoms with van der Waals surface area (Å²) in [6.07, 6.45) is 9.36. The van der Waals surface area contributed by atoms with Gasteiger partial charge in [0, 0.05) is 11.6 Å². The van der Waals surface area contributed by atoms with Crippen molar-refractivity contribution < 1.29 is 0 Å². The van der Waals surface area contributed by atoms with Crippen molar-refractivity contribution in [2.75, 3.05) is 0 Å². The number of allylic oxidation sites excluding steroid dienone is 4. The third-order valence-corrected chi connectivity index (χ3v) is 2.71. The zero-order valence-electron chi connectivity index (χ0n) is 10.4. The highest BCUT2D eigenvalue weighted by atomic mass is 14.6. The van der Waals surface area contributed by atoms with Crippen LogP contribution < -0.4 is 0 Å². The van der Waals surface area contributed by atoms with Gasteiger partial charge in [0.2, 0.25) is 0 Å². The molecule has 1 heterocycles. The third-order valence-electron chi connectivity index (χ3n) is 2.71. The van der Waals surface area contributed by atoms with Crippen molar-refractivity contribution in [1.82, 2.24) is 4.98 Å². The maximum Gasteiger partial charge on any atom is 0.0702 e. The summed E-state index contributed by atoms with van der Waals surface area (Å²) in [6.45, 7) is 4.21. The number of hydrogen-bond acceptors (Lipinski definition) is 1. The Kier molecular flexibility index (Phi) is 3.71. The van der Waals surface area contributed by atoms with Crippen LogP contribution in [-0.4, -0.2) is 4.98 Å². The molecule has 1 aromatic carbocycles. The van der Waals surface area contributed by atoms with E-state index < -0.39 is 0 Å². The fraction of sp³-hybridized carbons (Fsp3) is 0.188. The van der Waals surface area contributed by atoms with Gasteiger partial charge in [-0.25, -0.2) is 0 Å². The normalized spacial score (nSPS) is 12.5. The first-order valence-electron chi connectivity index (χ1n) is 6.03. The van der Waals surface area contributed by atoms with Gasteiger partial charge in [-0.15, -0.1) is 0 Å². The molecule has 0 fully saturated rings. The Hall–Kier alpha value is -1.89. The zero-order valence-corrected chi connectivity index (χ0v) is 10.4. The van der Waals surface area contributed by atoms with Gasteiger partial charge in [0.05, 0.1) is 5.52 Å². The molecule has 0 saturated heterocycles. The third kappa shape index (κ3) is 2.62. The van der Waals surface area contributed by atoms with Gasteiger partial charge in [0.25, 0.3) is 0 Å². The highest BCUT2D eigenvalue weighted by Gasteiger charge is 1.99. The number of benzene rings is 1. The van der Waals surface area contributed by atoms with Crippen LogP contribution in [-0.2, 0) is 0 Å². The van der Waals surface area contributed by atoms with E-state index in [0.29, 0.717) is 0 Å². The standard InChI is InChI=1S/C16H17N/c1-3-6-13(7-4-2)14-9-10-16-15(12-14)8-5-11-17-16/h3,5-12H,4H2,1-2H3/b6-3-,13-7+. The number of fused-ring (bicyclic) bond motifs is 1. The summed E-state index contributed by atoms with van der Waals surface area (Å²) in [7, 11) is 0. The SMILES string of the molecule is C/C=C\C(=C/CC)c1ccc2ncccc2c1. The van der Waals surface area contributed by atoms with Crippen LogP contribution in [0.25, 0.3) is 16.5 Å². The number of hydrogen-bond donors (Lipinski definition) is 0. The first-order chi connectivity index (χ1) is 8.35. The summed E-state index contributed by atoms with van der Waals surface area (Å²) in [5.74, 6) is 0. The Morgan fingerprint density at radius 1 is 1.29 bits per heavy atom. The quantitative estimate of drug-likeness (QED) is 0.693. The molecule has 1 nitrogen and oxygen atoms in total. The first-order valence-corrected chi connectivity index (χ1v) is 6.03. The molecule has 2 aromatic rings. The topological polar surface area (TPSA) is 12.9 Å². The summed E-state index contributed by atoms with van der Waals surface area (Å²) in [5.41, 5.74) is 3.58. The predicted octanol–water partition coefficient (Wildman–Crippen LogP) is 4.60. The van der Waals surface area contributed by atoms with E-state index in [1.54, 1.807) is 0 Å². The molecule has 0 N–H and O–H groups in total. The van der Waals surface area contributed by atoms with E-state index in [1.807, 2.05) is 19.2 Å². The van der Waals surface area contributed by atoms with E-state index in [4.69, 9.17) is 0 Å². The Balaban J connectivity index is 2.51. The van der Waals surface area contributed by atoms with Crippen molar-refractivity contribution in [3.05, 3.63) is 60.3 Å². The molecule has 0 aliphatic heterocycles. The molecule has 0 aliphatic rings. The molecule has 0 spiro atoms. The molecule has 0 amide bonds. The lowest BCUT2D eigenvalue weighted by atomic mass is 10.0. The second kappa shape index (κ2) is 5.44. The lowest BCUT2D eigenvalue weighted by Crippen LogP contribution is -1.83. The molecule has 0 aliphatic carbocycles. The molecule has 0 radical (unpaired) electrons. The van der Waals surface area contributed by atoms with Gasteiger partial charge in [-0.1, -0.05) is 37.3 Å². The minimum absolute atomic E-state index is 1.05.